The van der Waals surface area contributed by atoms with E-state index >= 15 is 0 Å². The van der Waals surface area contributed by atoms with Gasteiger partial charge in [-0.1, -0.05) is 20.3 Å². The molecule has 1 unspecified atom stereocenters. The van der Waals surface area contributed by atoms with Gasteiger partial charge in [0.15, 0.2) is 5.96 Å². The summed E-state index contributed by atoms with van der Waals surface area (Å²) in [6, 6.07) is 0.503. The van der Waals surface area contributed by atoms with Crippen LogP contribution in [-0.2, 0) is 9.53 Å². The molecule has 2 N–H and O–H groups in total. The van der Waals surface area contributed by atoms with Crippen LogP contribution in [0, 0.1) is 11.8 Å². The minimum Gasteiger partial charge on any atom is -0.379 e. The Labute approximate surface area is 211 Å². The Hall–Kier alpha value is -0.650. The number of carbonyl (C=O) groups is 1. The lowest BCUT2D eigenvalue weighted by atomic mass is 9.84. The van der Waals surface area contributed by atoms with E-state index in [1.54, 1.807) is 0 Å². The third kappa shape index (κ3) is 8.61. The number of halogens is 1. The SMILES string of the molecule is CN=C(NCCN1CCN(C(=O)C2CCC2)CC1)NCC(CC(C)C)N1CCOCC1.I. The smallest absolute Gasteiger partial charge is 0.225 e. The quantitative estimate of drug-likeness (QED) is 0.251. The van der Waals surface area contributed by atoms with Gasteiger partial charge in [0.25, 0.3) is 0 Å². The summed E-state index contributed by atoms with van der Waals surface area (Å²) in [5, 5.41) is 7.01. The van der Waals surface area contributed by atoms with Crippen LogP contribution in [0.5, 0.6) is 0 Å². The molecule has 0 radical (unpaired) electrons. The molecule has 8 nitrogen and oxygen atoms in total. The van der Waals surface area contributed by atoms with Crippen LogP contribution in [-0.4, -0.2) is 112 Å². The summed E-state index contributed by atoms with van der Waals surface area (Å²) < 4.78 is 5.53. The van der Waals surface area contributed by atoms with Crippen molar-refractivity contribution in [2.75, 3.05) is 79.2 Å². The van der Waals surface area contributed by atoms with Gasteiger partial charge in [-0.3, -0.25) is 19.6 Å². The third-order valence-corrected chi connectivity index (χ3v) is 6.89. The molecule has 0 spiro atoms. The van der Waals surface area contributed by atoms with Gasteiger partial charge in [-0.2, -0.15) is 0 Å². The molecule has 1 atom stereocenters. The number of aliphatic imine (C=N–C) groups is 1. The standard InChI is InChI=1S/C23H44N6O2.HI/c1-19(2)17-21(28-13-15-31-16-14-28)18-26-23(24-3)25-7-8-27-9-11-29(12-10-27)22(30)20-5-4-6-20;/h19-21H,4-18H2,1-3H3,(H2,24,25,26);1H. The molecule has 3 aliphatic rings. The minimum absolute atomic E-state index is 0. The minimum atomic E-state index is 0. The lowest BCUT2D eigenvalue weighted by molar-refractivity contribution is -0.139. The van der Waals surface area contributed by atoms with Gasteiger partial charge in [-0.15, -0.1) is 24.0 Å². The second-order valence-corrected chi connectivity index (χ2v) is 9.61. The zero-order valence-corrected chi connectivity index (χ0v) is 22.7. The first-order chi connectivity index (χ1) is 15.1. The molecule has 0 aromatic rings. The summed E-state index contributed by atoms with van der Waals surface area (Å²) in [5.74, 6) is 2.25. The highest BCUT2D eigenvalue weighted by Gasteiger charge is 2.31. The van der Waals surface area contributed by atoms with Crippen LogP contribution >= 0.6 is 24.0 Å². The fourth-order valence-corrected chi connectivity index (χ4v) is 4.72. The van der Waals surface area contributed by atoms with E-state index in [9.17, 15) is 4.79 Å². The molecule has 3 rings (SSSR count). The number of ether oxygens (including phenoxy) is 1. The van der Waals surface area contributed by atoms with E-state index in [0.29, 0.717) is 23.8 Å². The average molecular weight is 565 g/mol. The molecular weight excluding hydrogens is 519 g/mol. The number of nitrogens with zero attached hydrogens (tertiary/aromatic N) is 4. The molecule has 0 aromatic carbocycles. The Morgan fingerprint density at radius 2 is 1.75 bits per heavy atom. The zero-order chi connectivity index (χ0) is 22.1. The van der Waals surface area contributed by atoms with Crippen molar-refractivity contribution in [3.8, 4) is 0 Å². The monoisotopic (exact) mass is 564 g/mol. The van der Waals surface area contributed by atoms with Crippen molar-refractivity contribution in [1.29, 1.82) is 0 Å². The average Bonchev–Trinajstić information content (AvgIpc) is 2.74. The maximum absolute atomic E-state index is 12.4. The second-order valence-electron chi connectivity index (χ2n) is 9.61. The summed E-state index contributed by atoms with van der Waals surface area (Å²) in [5.41, 5.74) is 0. The van der Waals surface area contributed by atoms with Crippen molar-refractivity contribution >= 4 is 35.8 Å². The van der Waals surface area contributed by atoms with E-state index in [1.165, 1.54) is 12.8 Å². The number of rotatable bonds is 9. The lowest BCUT2D eigenvalue weighted by Crippen LogP contribution is -2.53. The first kappa shape index (κ1) is 27.6. The van der Waals surface area contributed by atoms with Crippen molar-refractivity contribution in [2.24, 2.45) is 16.8 Å². The third-order valence-electron chi connectivity index (χ3n) is 6.89. The highest BCUT2D eigenvalue weighted by Crippen LogP contribution is 2.28. The van der Waals surface area contributed by atoms with Crippen LogP contribution < -0.4 is 10.6 Å². The Bertz CT molecular complexity index is 573. The molecule has 2 heterocycles. The van der Waals surface area contributed by atoms with Crippen molar-refractivity contribution in [1.82, 2.24) is 25.3 Å². The predicted molar refractivity (Wildman–Crippen MR) is 141 cm³/mol. The van der Waals surface area contributed by atoms with Crippen molar-refractivity contribution in [3.63, 3.8) is 0 Å². The molecule has 1 amide bonds. The normalized spacial score (nSPS) is 22.2. The molecule has 186 valence electrons. The molecule has 32 heavy (non-hydrogen) atoms. The number of hydrogen-bond acceptors (Lipinski definition) is 5. The Kier molecular flexibility index (Phi) is 12.6. The summed E-state index contributed by atoms with van der Waals surface area (Å²) >= 11 is 0. The number of amides is 1. The lowest BCUT2D eigenvalue weighted by Gasteiger charge is -2.38. The van der Waals surface area contributed by atoms with E-state index in [1.807, 2.05) is 7.05 Å². The predicted octanol–water partition coefficient (Wildman–Crippen LogP) is 1.46. The Balaban J connectivity index is 0.00000363. The fourth-order valence-electron chi connectivity index (χ4n) is 4.72. The van der Waals surface area contributed by atoms with E-state index in [-0.39, 0.29) is 24.0 Å². The van der Waals surface area contributed by atoms with Gasteiger partial charge >= 0.3 is 0 Å². The zero-order valence-electron chi connectivity index (χ0n) is 20.4. The van der Waals surface area contributed by atoms with Crippen LogP contribution in [0.1, 0.15) is 39.5 Å². The van der Waals surface area contributed by atoms with E-state index in [4.69, 9.17) is 4.74 Å². The number of morpholine rings is 1. The second kappa shape index (κ2) is 14.6. The number of carbonyl (C=O) groups excluding carboxylic acids is 1. The van der Waals surface area contributed by atoms with Crippen molar-refractivity contribution in [3.05, 3.63) is 0 Å². The van der Waals surface area contributed by atoms with Gasteiger partial charge in [0.1, 0.15) is 0 Å². The Morgan fingerprint density at radius 3 is 2.31 bits per heavy atom. The molecular formula is C23H45IN6O2. The summed E-state index contributed by atoms with van der Waals surface area (Å²) in [4.78, 5) is 23.9. The molecule has 0 aromatic heterocycles. The topological polar surface area (TPSA) is 72.4 Å². The van der Waals surface area contributed by atoms with Gasteiger partial charge < -0.3 is 20.3 Å². The summed E-state index contributed by atoms with van der Waals surface area (Å²) in [6.07, 6.45) is 4.59. The molecule has 1 saturated carbocycles. The molecule has 1 aliphatic carbocycles. The van der Waals surface area contributed by atoms with Crippen LogP contribution in [0.15, 0.2) is 4.99 Å². The van der Waals surface area contributed by atoms with Crippen LogP contribution in [0.4, 0.5) is 0 Å². The summed E-state index contributed by atoms with van der Waals surface area (Å²) in [7, 11) is 1.84. The van der Waals surface area contributed by atoms with E-state index < -0.39 is 0 Å². The molecule has 2 saturated heterocycles. The molecule has 0 bridgehead atoms. The van der Waals surface area contributed by atoms with Gasteiger partial charge in [0, 0.05) is 77.9 Å². The first-order valence-corrected chi connectivity index (χ1v) is 12.3. The maximum atomic E-state index is 12.4. The number of nitrogens with one attached hydrogen (secondary N) is 2. The van der Waals surface area contributed by atoms with Crippen molar-refractivity contribution in [2.45, 2.75) is 45.6 Å². The fraction of sp³-hybridized carbons (Fsp3) is 0.913. The number of hydrogen-bond donors (Lipinski definition) is 2. The van der Waals surface area contributed by atoms with Gasteiger partial charge in [-0.25, -0.2) is 0 Å². The molecule has 3 fully saturated rings. The maximum Gasteiger partial charge on any atom is 0.225 e. The Morgan fingerprint density at radius 1 is 1.06 bits per heavy atom. The number of piperazine rings is 1. The van der Waals surface area contributed by atoms with Crippen LogP contribution in [0.2, 0.25) is 0 Å². The number of guanidine groups is 1. The van der Waals surface area contributed by atoms with Gasteiger partial charge in [0.2, 0.25) is 5.91 Å². The van der Waals surface area contributed by atoms with E-state index in [2.05, 4.69) is 44.2 Å². The van der Waals surface area contributed by atoms with Crippen molar-refractivity contribution < 1.29 is 9.53 Å². The van der Waals surface area contributed by atoms with Gasteiger partial charge in [-0.05, 0) is 25.2 Å². The van der Waals surface area contributed by atoms with Crippen LogP contribution in [0.25, 0.3) is 0 Å². The highest BCUT2D eigenvalue weighted by molar-refractivity contribution is 14.0. The van der Waals surface area contributed by atoms with Crippen LogP contribution in [0.3, 0.4) is 0 Å². The highest BCUT2D eigenvalue weighted by atomic mass is 127. The van der Waals surface area contributed by atoms with E-state index in [0.717, 1.165) is 90.9 Å². The largest absolute Gasteiger partial charge is 0.379 e. The molecule has 2 aliphatic heterocycles. The molecule has 9 heteroatoms. The summed E-state index contributed by atoms with van der Waals surface area (Å²) in [6.45, 7) is 14.7. The van der Waals surface area contributed by atoms with Gasteiger partial charge in [0.05, 0.1) is 13.2 Å². The first-order valence-electron chi connectivity index (χ1n) is 12.3.